The fourth-order valence-corrected chi connectivity index (χ4v) is 10.9. The first kappa shape index (κ1) is 30.3. The zero-order chi connectivity index (χ0) is 35.4. The van der Waals surface area contributed by atoms with Crippen LogP contribution in [0.25, 0.3) is 89.3 Å². The molecule has 54 heavy (non-hydrogen) atoms. The highest BCUT2D eigenvalue weighted by atomic mass is 16.3. The maximum absolute atomic E-state index is 6.54. The Hall–Kier alpha value is -6.14. The van der Waals surface area contributed by atoms with Crippen LogP contribution in [0.3, 0.4) is 0 Å². The van der Waals surface area contributed by atoms with Gasteiger partial charge in [0.15, 0.2) is 17.5 Å². The standard InChI is InChI=1S/C48H36N4O2/c1-3-16-41-32(9-1)34-11-7-13-37(43(34)53-41)46-50-45(51-47(52-46)38-14-8-12-35-33-10-2-4-17-42(33)54-44(35)38)36-19-18-31(24-39(36)40-15-5-6-20-49-40)48-25-28-21-29(26-48)23-30(22-28)27-48/h1-20,24,28-30H,21-23,25-27H2. The van der Waals surface area contributed by atoms with Gasteiger partial charge >= 0.3 is 0 Å². The molecule has 0 radical (unpaired) electrons. The van der Waals surface area contributed by atoms with Gasteiger partial charge in [-0.2, -0.15) is 0 Å². The SMILES string of the molecule is c1ccc(-c2cc(C34CC5CC(CC(C5)C3)C4)ccc2-c2nc(-c3cccc4c3oc3ccccc34)nc(-c3cccc4c3oc3ccccc34)n2)nc1. The van der Waals surface area contributed by atoms with Gasteiger partial charge in [0.2, 0.25) is 0 Å². The van der Waals surface area contributed by atoms with E-state index in [1.54, 1.807) is 0 Å². The summed E-state index contributed by atoms with van der Waals surface area (Å²) in [4.78, 5) is 20.8. The topological polar surface area (TPSA) is 77.8 Å². The summed E-state index contributed by atoms with van der Waals surface area (Å²) < 4.78 is 13.1. The van der Waals surface area contributed by atoms with Crippen molar-refractivity contribution < 1.29 is 8.83 Å². The van der Waals surface area contributed by atoms with Crippen LogP contribution in [0.1, 0.15) is 44.1 Å². The van der Waals surface area contributed by atoms with E-state index < -0.39 is 0 Å². The molecule has 0 N–H and O–H groups in total. The highest BCUT2D eigenvalue weighted by molar-refractivity contribution is 6.10. The molecule has 0 spiro atoms. The lowest BCUT2D eigenvalue weighted by Gasteiger charge is -2.57. The lowest BCUT2D eigenvalue weighted by molar-refractivity contribution is -0.00516. The van der Waals surface area contributed by atoms with Crippen LogP contribution >= 0.6 is 0 Å². The first-order valence-electron chi connectivity index (χ1n) is 19.3. The van der Waals surface area contributed by atoms with Crippen molar-refractivity contribution in [2.75, 3.05) is 0 Å². The van der Waals surface area contributed by atoms with Crippen LogP contribution in [-0.4, -0.2) is 19.9 Å². The molecular formula is C48H36N4O2. The van der Waals surface area contributed by atoms with Crippen molar-refractivity contribution in [2.24, 2.45) is 17.8 Å². The van der Waals surface area contributed by atoms with Crippen LogP contribution in [0, 0.1) is 17.8 Å². The fourth-order valence-electron chi connectivity index (χ4n) is 10.9. The molecule has 4 aromatic heterocycles. The van der Waals surface area contributed by atoms with Gasteiger partial charge in [-0.1, -0.05) is 78.9 Å². The van der Waals surface area contributed by atoms with E-state index in [2.05, 4.69) is 66.7 Å². The molecule has 9 aromatic rings. The molecule has 0 aliphatic heterocycles. The molecule has 0 amide bonds. The van der Waals surface area contributed by atoms with E-state index in [-0.39, 0.29) is 5.41 Å². The normalized spacial score (nSPS) is 21.9. The summed E-state index contributed by atoms with van der Waals surface area (Å²) in [6, 6.07) is 41.9. The van der Waals surface area contributed by atoms with E-state index in [4.69, 9.17) is 28.8 Å². The Kier molecular flexibility index (Phi) is 6.42. The Morgan fingerprint density at radius 3 is 1.54 bits per heavy atom. The summed E-state index contributed by atoms with van der Waals surface area (Å²) in [6.07, 6.45) is 10.0. The van der Waals surface area contributed by atoms with Gasteiger partial charge in [-0.3, -0.25) is 4.98 Å². The van der Waals surface area contributed by atoms with Gasteiger partial charge in [-0.25, -0.2) is 15.0 Å². The summed E-state index contributed by atoms with van der Waals surface area (Å²) in [6.45, 7) is 0. The second-order valence-corrected chi connectivity index (χ2v) is 16.0. The number of aromatic nitrogens is 4. The molecule has 0 saturated heterocycles. The molecule has 6 nitrogen and oxygen atoms in total. The zero-order valence-electron chi connectivity index (χ0n) is 29.7. The number of nitrogens with zero attached hydrogens (tertiary/aromatic N) is 4. The summed E-state index contributed by atoms with van der Waals surface area (Å²) in [5.74, 6) is 4.24. The average molecular weight is 701 g/mol. The second kappa shape index (κ2) is 11.4. The number of fused-ring (bicyclic) bond motifs is 6. The Morgan fingerprint density at radius 2 is 0.981 bits per heavy atom. The number of furan rings is 2. The predicted octanol–water partition coefficient (Wildman–Crippen LogP) is 12.2. The van der Waals surface area contributed by atoms with Gasteiger partial charge in [0, 0.05) is 38.9 Å². The van der Waals surface area contributed by atoms with Crippen molar-refractivity contribution in [1.82, 2.24) is 19.9 Å². The minimum Gasteiger partial charge on any atom is -0.455 e. The molecule has 13 rings (SSSR count). The third kappa shape index (κ3) is 4.59. The van der Waals surface area contributed by atoms with Gasteiger partial charge in [-0.05, 0) is 110 Å². The smallest absolute Gasteiger partial charge is 0.167 e. The lowest BCUT2D eigenvalue weighted by Crippen LogP contribution is -2.48. The summed E-state index contributed by atoms with van der Waals surface area (Å²) >= 11 is 0. The summed E-state index contributed by atoms with van der Waals surface area (Å²) in [5.41, 5.74) is 9.39. The van der Waals surface area contributed by atoms with Gasteiger partial charge in [0.25, 0.3) is 0 Å². The number of hydrogen-bond donors (Lipinski definition) is 0. The van der Waals surface area contributed by atoms with E-state index in [0.29, 0.717) is 17.5 Å². The van der Waals surface area contributed by atoms with Crippen molar-refractivity contribution in [3.63, 3.8) is 0 Å². The molecule has 5 aromatic carbocycles. The Labute approximate surface area is 311 Å². The predicted molar refractivity (Wildman–Crippen MR) is 214 cm³/mol. The molecule has 260 valence electrons. The Morgan fingerprint density at radius 1 is 0.463 bits per heavy atom. The minimum atomic E-state index is 0.236. The van der Waals surface area contributed by atoms with E-state index in [9.17, 15) is 0 Å². The van der Waals surface area contributed by atoms with E-state index >= 15 is 0 Å². The van der Waals surface area contributed by atoms with Crippen molar-refractivity contribution in [3.8, 4) is 45.4 Å². The second-order valence-electron chi connectivity index (χ2n) is 16.0. The number of rotatable bonds is 5. The molecule has 0 atom stereocenters. The van der Waals surface area contributed by atoms with Crippen molar-refractivity contribution in [3.05, 3.63) is 133 Å². The lowest BCUT2D eigenvalue weighted by atomic mass is 9.48. The molecule has 4 aliphatic rings. The van der Waals surface area contributed by atoms with Crippen LogP contribution in [0.2, 0.25) is 0 Å². The Bertz CT molecular complexity index is 2770. The summed E-state index contributed by atoms with van der Waals surface area (Å²) in [5, 5.41) is 4.18. The number of hydrogen-bond acceptors (Lipinski definition) is 6. The highest BCUT2D eigenvalue weighted by Gasteiger charge is 2.51. The van der Waals surface area contributed by atoms with Crippen LogP contribution < -0.4 is 0 Å². The number of pyridine rings is 1. The van der Waals surface area contributed by atoms with Gasteiger partial charge in [0.1, 0.15) is 22.3 Å². The van der Waals surface area contributed by atoms with E-state index in [1.165, 1.54) is 44.1 Å². The Balaban J connectivity index is 1.11. The quantitative estimate of drug-likeness (QED) is 0.178. The van der Waals surface area contributed by atoms with Gasteiger partial charge in [-0.15, -0.1) is 0 Å². The van der Waals surface area contributed by atoms with Crippen LogP contribution in [0.15, 0.2) is 136 Å². The molecule has 0 unspecified atom stereocenters. The maximum Gasteiger partial charge on any atom is 0.167 e. The van der Waals surface area contributed by atoms with Crippen LogP contribution in [-0.2, 0) is 5.41 Å². The molecule has 4 fully saturated rings. The first-order chi connectivity index (χ1) is 26.7. The maximum atomic E-state index is 6.54. The monoisotopic (exact) mass is 700 g/mol. The largest absolute Gasteiger partial charge is 0.455 e. The van der Waals surface area contributed by atoms with Crippen molar-refractivity contribution in [1.29, 1.82) is 0 Å². The van der Waals surface area contributed by atoms with E-state index in [0.717, 1.165) is 89.6 Å². The van der Waals surface area contributed by atoms with Crippen LogP contribution in [0.5, 0.6) is 0 Å². The minimum absolute atomic E-state index is 0.236. The van der Waals surface area contributed by atoms with Gasteiger partial charge < -0.3 is 8.83 Å². The molecule has 4 heterocycles. The van der Waals surface area contributed by atoms with Crippen molar-refractivity contribution in [2.45, 2.75) is 43.9 Å². The summed E-state index contributed by atoms with van der Waals surface area (Å²) in [7, 11) is 0. The highest BCUT2D eigenvalue weighted by Crippen LogP contribution is 2.61. The first-order valence-corrected chi connectivity index (χ1v) is 19.3. The average Bonchev–Trinajstić information content (AvgIpc) is 3.79. The molecule has 4 saturated carbocycles. The molecule has 4 aliphatic carbocycles. The number of para-hydroxylation sites is 4. The zero-order valence-corrected chi connectivity index (χ0v) is 29.7. The van der Waals surface area contributed by atoms with Gasteiger partial charge in [0.05, 0.1) is 16.8 Å². The fraction of sp³-hybridized carbons (Fsp3) is 0.208. The van der Waals surface area contributed by atoms with E-state index in [1.807, 2.05) is 60.8 Å². The third-order valence-electron chi connectivity index (χ3n) is 12.8. The molecule has 6 heteroatoms. The molecular weight excluding hydrogens is 665 g/mol. The number of benzene rings is 5. The van der Waals surface area contributed by atoms with Crippen LogP contribution in [0.4, 0.5) is 0 Å². The van der Waals surface area contributed by atoms with Crippen molar-refractivity contribution >= 4 is 43.9 Å². The molecule has 4 bridgehead atoms. The third-order valence-corrected chi connectivity index (χ3v) is 12.8.